The SMILES string of the molecule is CCOC(=O)c1sc2[nH]c(=O)n(C3(C(=O)OCC)CC3)c(=O)c2c1C. The van der Waals surface area contributed by atoms with Crippen LogP contribution in [0.1, 0.15) is 41.9 Å². The Hall–Kier alpha value is -2.42. The van der Waals surface area contributed by atoms with Crippen molar-refractivity contribution in [3.63, 3.8) is 0 Å². The standard InChI is InChI=1S/C16H18N2O6S/c1-4-23-13(20)10-8(3)9-11(25-10)17-15(22)18(12(9)19)16(6-7-16)14(21)24-5-2/h4-7H2,1-3H3,(H,17,22). The van der Waals surface area contributed by atoms with Gasteiger partial charge in [-0.25, -0.2) is 19.0 Å². The molecular formula is C16H18N2O6S. The zero-order valence-corrected chi connectivity index (χ0v) is 14.9. The van der Waals surface area contributed by atoms with E-state index in [0.29, 0.717) is 23.2 Å². The predicted octanol–water partition coefficient (Wildman–Crippen LogP) is 1.29. The van der Waals surface area contributed by atoms with Gasteiger partial charge in [-0.05, 0) is 39.2 Å². The van der Waals surface area contributed by atoms with Crippen molar-refractivity contribution in [3.8, 4) is 0 Å². The molecule has 3 rings (SSSR count). The van der Waals surface area contributed by atoms with E-state index in [4.69, 9.17) is 9.47 Å². The van der Waals surface area contributed by atoms with E-state index in [0.717, 1.165) is 15.9 Å². The summed E-state index contributed by atoms with van der Waals surface area (Å²) in [5.41, 5.74) is -2.07. The number of hydrogen-bond acceptors (Lipinski definition) is 7. The molecule has 9 heteroatoms. The summed E-state index contributed by atoms with van der Waals surface area (Å²) in [4.78, 5) is 52.9. The zero-order valence-electron chi connectivity index (χ0n) is 14.1. The monoisotopic (exact) mass is 366 g/mol. The van der Waals surface area contributed by atoms with Gasteiger partial charge in [0.15, 0.2) is 5.54 Å². The molecule has 134 valence electrons. The highest BCUT2D eigenvalue weighted by Crippen LogP contribution is 2.43. The molecule has 1 fully saturated rings. The second kappa shape index (κ2) is 6.14. The van der Waals surface area contributed by atoms with E-state index in [-0.39, 0.29) is 23.5 Å². The number of esters is 2. The van der Waals surface area contributed by atoms with Crippen molar-refractivity contribution in [1.82, 2.24) is 9.55 Å². The van der Waals surface area contributed by atoms with Crippen molar-refractivity contribution in [2.75, 3.05) is 13.2 Å². The number of hydrogen-bond donors (Lipinski definition) is 1. The summed E-state index contributed by atoms with van der Waals surface area (Å²) in [6.07, 6.45) is 0.739. The molecule has 1 N–H and O–H groups in total. The molecule has 0 saturated heterocycles. The van der Waals surface area contributed by atoms with Crippen LogP contribution in [0.5, 0.6) is 0 Å². The van der Waals surface area contributed by atoms with Gasteiger partial charge in [-0.2, -0.15) is 0 Å². The molecule has 2 aromatic rings. The molecular weight excluding hydrogens is 348 g/mol. The first-order valence-corrected chi connectivity index (χ1v) is 8.82. The number of aromatic nitrogens is 2. The molecule has 0 amide bonds. The van der Waals surface area contributed by atoms with Crippen molar-refractivity contribution in [3.05, 3.63) is 31.3 Å². The van der Waals surface area contributed by atoms with E-state index >= 15 is 0 Å². The first kappa shape index (κ1) is 17.4. The summed E-state index contributed by atoms with van der Waals surface area (Å²) >= 11 is 0.999. The van der Waals surface area contributed by atoms with Crippen molar-refractivity contribution >= 4 is 33.5 Å². The van der Waals surface area contributed by atoms with Gasteiger partial charge < -0.3 is 9.47 Å². The molecule has 0 spiro atoms. The van der Waals surface area contributed by atoms with E-state index in [2.05, 4.69) is 4.98 Å². The molecule has 0 bridgehead atoms. The molecule has 0 aromatic carbocycles. The number of nitrogens with zero attached hydrogens (tertiary/aromatic N) is 1. The number of carbonyl (C=O) groups is 2. The maximum atomic E-state index is 12.9. The van der Waals surface area contributed by atoms with E-state index < -0.39 is 28.7 Å². The lowest BCUT2D eigenvalue weighted by Gasteiger charge is -2.15. The zero-order chi connectivity index (χ0) is 18.4. The Labute approximate surface area is 146 Å². The molecule has 25 heavy (non-hydrogen) atoms. The van der Waals surface area contributed by atoms with Crippen molar-refractivity contribution < 1.29 is 19.1 Å². The minimum atomic E-state index is -1.24. The van der Waals surface area contributed by atoms with Crippen LogP contribution in [0.4, 0.5) is 0 Å². The topological polar surface area (TPSA) is 107 Å². The molecule has 0 radical (unpaired) electrons. The van der Waals surface area contributed by atoms with Crippen molar-refractivity contribution in [2.45, 2.75) is 39.2 Å². The number of H-pyrrole nitrogens is 1. The first-order valence-electron chi connectivity index (χ1n) is 8.00. The number of nitrogens with one attached hydrogen (secondary N) is 1. The summed E-state index contributed by atoms with van der Waals surface area (Å²) in [7, 11) is 0. The lowest BCUT2D eigenvalue weighted by Crippen LogP contribution is -2.46. The lowest BCUT2D eigenvalue weighted by atomic mass is 10.2. The highest BCUT2D eigenvalue weighted by molar-refractivity contribution is 7.20. The summed E-state index contributed by atoms with van der Waals surface area (Å²) in [5, 5.41) is 0.225. The van der Waals surface area contributed by atoms with Crippen molar-refractivity contribution in [2.24, 2.45) is 0 Å². The quantitative estimate of drug-likeness (QED) is 0.799. The molecule has 2 heterocycles. The van der Waals surface area contributed by atoms with Gasteiger partial charge in [-0.15, -0.1) is 11.3 Å². The molecule has 0 atom stereocenters. The number of carbonyl (C=O) groups excluding carboxylic acids is 2. The molecule has 1 aliphatic rings. The number of rotatable bonds is 5. The van der Waals surface area contributed by atoms with Crippen LogP contribution in [0, 0.1) is 6.92 Å². The van der Waals surface area contributed by atoms with Crippen LogP contribution in [0.2, 0.25) is 0 Å². The molecule has 1 saturated carbocycles. The highest BCUT2D eigenvalue weighted by Gasteiger charge is 2.55. The number of aryl methyl sites for hydroxylation is 1. The first-order chi connectivity index (χ1) is 11.9. The van der Waals surface area contributed by atoms with Gasteiger partial charge >= 0.3 is 17.6 Å². The number of thiophene rings is 1. The third-order valence-electron chi connectivity index (χ3n) is 4.26. The molecule has 1 aliphatic carbocycles. The number of fused-ring (bicyclic) bond motifs is 1. The Morgan fingerprint density at radius 3 is 2.40 bits per heavy atom. The lowest BCUT2D eigenvalue weighted by molar-refractivity contribution is -0.149. The molecule has 2 aromatic heterocycles. The van der Waals surface area contributed by atoms with Gasteiger partial charge in [0, 0.05) is 0 Å². The van der Waals surface area contributed by atoms with Gasteiger partial charge in [0.05, 0.1) is 18.6 Å². The van der Waals surface area contributed by atoms with Gasteiger partial charge in [0.25, 0.3) is 5.56 Å². The maximum Gasteiger partial charge on any atom is 0.348 e. The second-order valence-electron chi connectivity index (χ2n) is 5.80. The highest BCUT2D eigenvalue weighted by atomic mass is 32.1. The minimum Gasteiger partial charge on any atom is -0.464 e. The van der Waals surface area contributed by atoms with E-state index in [9.17, 15) is 19.2 Å². The maximum absolute atomic E-state index is 12.9. The molecule has 0 aliphatic heterocycles. The van der Waals surface area contributed by atoms with Crippen LogP contribution < -0.4 is 11.2 Å². The van der Waals surface area contributed by atoms with E-state index in [1.807, 2.05) is 0 Å². The predicted molar refractivity (Wildman–Crippen MR) is 91.2 cm³/mol. The largest absolute Gasteiger partial charge is 0.464 e. The van der Waals surface area contributed by atoms with Gasteiger partial charge in [0.2, 0.25) is 0 Å². The Morgan fingerprint density at radius 1 is 1.20 bits per heavy atom. The van der Waals surface area contributed by atoms with Crippen LogP contribution in [0.3, 0.4) is 0 Å². The molecule has 8 nitrogen and oxygen atoms in total. The summed E-state index contributed by atoms with van der Waals surface area (Å²) < 4.78 is 10.9. The second-order valence-corrected chi connectivity index (χ2v) is 6.82. The summed E-state index contributed by atoms with van der Waals surface area (Å²) in [6, 6.07) is 0. The average Bonchev–Trinajstić information content (AvgIpc) is 3.27. The van der Waals surface area contributed by atoms with Gasteiger partial charge in [-0.1, -0.05) is 0 Å². The van der Waals surface area contributed by atoms with Gasteiger partial charge in [0.1, 0.15) is 9.71 Å². The van der Waals surface area contributed by atoms with Crippen LogP contribution in [0.15, 0.2) is 9.59 Å². The Kier molecular flexibility index (Phi) is 4.28. The summed E-state index contributed by atoms with van der Waals surface area (Å²) in [6.45, 7) is 5.35. The Bertz CT molecular complexity index is 979. The third kappa shape index (κ3) is 2.58. The fraction of sp³-hybridized carbons (Fsp3) is 0.500. The number of aromatic amines is 1. The normalized spacial score (nSPS) is 15.2. The fourth-order valence-electron chi connectivity index (χ4n) is 2.90. The Balaban J connectivity index is 2.22. The molecule has 0 unspecified atom stereocenters. The summed E-state index contributed by atoms with van der Waals surface area (Å²) in [5.74, 6) is -1.13. The van der Waals surface area contributed by atoms with E-state index in [1.54, 1.807) is 20.8 Å². The van der Waals surface area contributed by atoms with Gasteiger partial charge in [-0.3, -0.25) is 9.78 Å². The fourth-order valence-corrected chi connectivity index (χ4v) is 3.98. The smallest absolute Gasteiger partial charge is 0.348 e. The van der Waals surface area contributed by atoms with Crippen LogP contribution >= 0.6 is 11.3 Å². The average molecular weight is 366 g/mol. The third-order valence-corrected chi connectivity index (χ3v) is 5.44. The minimum absolute atomic E-state index is 0.167. The van der Waals surface area contributed by atoms with Crippen LogP contribution in [-0.2, 0) is 19.8 Å². The van der Waals surface area contributed by atoms with Crippen molar-refractivity contribution in [1.29, 1.82) is 0 Å². The Morgan fingerprint density at radius 2 is 1.84 bits per heavy atom. The van der Waals surface area contributed by atoms with Crippen LogP contribution in [0.25, 0.3) is 10.2 Å². The van der Waals surface area contributed by atoms with E-state index in [1.165, 1.54) is 0 Å². The number of ether oxygens (including phenoxy) is 2. The van der Waals surface area contributed by atoms with Crippen LogP contribution in [-0.4, -0.2) is 34.7 Å².